The first-order valence-corrected chi connectivity index (χ1v) is 9.99. The largest absolute Gasteiger partial charge is 0.497 e. The molecule has 1 amide bonds. The molecule has 2 aromatic carbocycles. The molecule has 0 spiro atoms. The molecule has 0 radical (unpaired) electrons. The van der Waals surface area contributed by atoms with Crippen LogP contribution in [0.15, 0.2) is 54.7 Å². The zero-order valence-corrected chi connectivity index (χ0v) is 16.7. The van der Waals surface area contributed by atoms with E-state index in [9.17, 15) is 4.79 Å². The van der Waals surface area contributed by atoms with E-state index in [-0.39, 0.29) is 11.9 Å². The lowest BCUT2D eigenvalue weighted by molar-refractivity contribution is -0.132. The van der Waals surface area contributed by atoms with Crippen LogP contribution < -0.4 is 4.74 Å². The number of hydrogen-bond acceptors (Lipinski definition) is 3. The van der Waals surface area contributed by atoms with Crippen molar-refractivity contribution in [1.29, 1.82) is 0 Å². The first kappa shape index (κ1) is 17.8. The number of ether oxygens (including phenoxy) is 1. The van der Waals surface area contributed by atoms with E-state index >= 15 is 0 Å². The maximum Gasteiger partial charge on any atom is 0.243 e. The van der Waals surface area contributed by atoms with Crippen LogP contribution in [-0.4, -0.2) is 38.6 Å². The minimum atomic E-state index is 0.0295. The van der Waals surface area contributed by atoms with Gasteiger partial charge in [-0.15, -0.1) is 0 Å². The third kappa shape index (κ3) is 2.95. The first-order chi connectivity index (χ1) is 14.2. The van der Waals surface area contributed by atoms with Gasteiger partial charge in [-0.3, -0.25) is 4.79 Å². The van der Waals surface area contributed by atoms with Crippen molar-refractivity contribution in [3.05, 3.63) is 60.6 Å². The second kappa shape index (κ2) is 6.95. The Morgan fingerprint density at radius 3 is 2.86 bits per heavy atom. The standard InChI is InChI=1S/C23H24N4O2/c1-25-20-7-4-3-6-18(20)24-23(25)21-8-5-12-27(21)22(28)15-26-13-11-16-14-17(29-2)9-10-19(16)26/h3-4,6-7,9-11,13-14,21H,5,8,12,15H2,1-2H3. The molecular formula is C23H24N4O2. The number of rotatable bonds is 4. The van der Waals surface area contributed by atoms with Crippen LogP contribution >= 0.6 is 0 Å². The van der Waals surface area contributed by atoms with Crippen molar-refractivity contribution in [2.45, 2.75) is 25.4 Å². The molecule has 0 aliphatic carbocycles. The molecule has 148 valence electrons. The molecule has 2 aromatic heterocycles. The lowest BCUT2D eigenvalue weighted by Crippen LogP contribution is -2.34. The second-order valence-corrected chi connectivity index (χ2v) is 7.63. The number of nitrogens with zero attached hydrogens (tertiary/aromatic N) is 4. The summed E-state index contributed by atoms with van der Waals surface area (Å²) >= 11 is 0. The minimum Gasteiger partial charge on any atom is -0.497 e. The quantitative estimate of drug-likeness (QED) is 0.533. The van der Waals surface area contributed by atoms with E-state index in [0.717, 1.165) is 52.9 Å². The predicted molar refractivity (Wildman–Crippen MR) is 113 cm³/mol. The summed E-state index contributed by atoms with van der Waals surface area (Å²) in [7, 11) is 3.70. The van der Waals surface area contributed by atoms with Crippen molar-refractivity contribution in [3.63, 3.8) is 0 Å². The molecule has 6 heteroatoms. The lowest BCUT2D eigenvalue weighted by atomic mass is 10.2. The first-order valence-electron chi connectivity index (χ1n) is 9.99. The highest BCUT2D eigenvalue weighted by Crippen LogP contribution is 2.33. The number of aryl methyl sites for hydroxylation is 1. The Morgan fingerprint density at radius 1 is 1.17 bits per heavy atom. The monoisotopic (exact) mass is 388 g/mol. The summed E-state index contributed by atoms with van der Waals surface area (Å²) in [6.07, 6.45) is 3.93. The lowest BCUT2D eigenvalue weighted by Gasteiger charge is -2.25. The average Bonchev–Trinajstić information content (AvgIpc) is 3.45. The van der Waals surface area contributed by atoms with Crippen LogP contribution in [0.5, 0.6) is 5.75 Å². The Hall–Kier alpha value is -3.28. The van der Waals surface area contributed by atoms with Gasteiger partial charge in [-0.25, -0.2) is 4.98 Å². The Labute approximate surface area is 169 Å². The van der Waals surface area contributed by atoms with Gasteiger partial charge in [-0.05, 0) is 49.2 Å². The molecule has 1 unspecified atom stereocenters. The van der Waals surface area contributed by atoms with Gasteiger partial charge < -0.3 is 18.8 Å². The second-order valence-electron chi connectivity index (χ2n) is 7.63. The third-order valence-corrected chi connectivity index (χ3v) is 5.98. The van der Waals surface area contributed by atoms with Crippen molar-refractivity contribution < 1.29 is 9.53 Å². The predicted octanol–water partition coefficient (Wildman–Crippen LogP) is 3.90. The number of para-hydroxylation sites is 2. The molecular weight excluding hydrogens is 364 g/mol. The normalized spacial score (nSPS) is 16.8. The van der Waals surface area contributed by atoms with E-state index in [1.165, 1.54) is 0 Å². The number of methoxy groups -OCH3 is 1. The van der Waals surface area contributed by atoms with Crippen LogP contribution in [0.1, 0.15) is 24.7 Å². The summed E-state index contributed by atoms with van der Waals surface area (Å²) in [6, 6.07) is 16.1. The van der Waals surface area contributed by atoms with Crippen LogP contribution in [0.4, 0.5) is 0 Å². The smallest absolute Gasteiger partial charge is 0.243 e. The Bertz CT molecular complexity index is 1210. The molecule has 5 rings (SSSR count). The Kier molecular flexibility index (Phi) is 4.27. The van der Waals surface area contributed by atoms with Crippen molar-refractivity contribution in [3.8, 4) is 5.75 Å². The summed E-state index contributed by atoms with van der Waals surface area (Å²) in [5, 5.41) is 1.07. The molecule has 29 heavy (non-hydrogen) atoms. The van der Waals surface area contributed by atoms with Gasteiger partial charge in [0.05, 0.1) is 24.2 Å². The van der Waals surface area contributed by atoms with Gasteiger partial charge in [-0.2, -0.15) is 0 Å². The number of hydrogen-bond donors (Lipinski definition) is 0. The highest BCUT2D eigenvalue weighted by molar-refractivity contribution is 5.85. The number of carbonyl (C=O) groups is 1. The fourth-order valence-corrected chi connectivity index (χ4v) is 4.48. The van der Waals surface area contributed by atoms with E-state index in [0.29, 0.717) is 6.54 Å². The summed E-state index contributed by atoms with van der Waals surface area (Å²) in [6.45, 7) is 1.11. The van der Waals surface area contributed by atoms with Crippen molar-refractivity contribution in [2.24, 2.45) is 7.05 Å². The van der Waals surface area contributed by atoms with E-state index in [1.54, 1.807) is 7.11 Å². The highest BCUT2D eigenvalue weighted by Gasteiger charge is 2.33. The average molecular weight is 388 g/mol. The van der Waals surface area contributed by atoms with Gasteiger partial charge in [0, 0.05) is 30.7 Å². The summed E-state index contributed by atoms with van der Waals surface area (Å²) in [5.74, 6) is 1.93. The zero-order valence-electron chi connectivity index (χ0n) is 16.7. The van der Waals surface area contributed by atoms with Gasteiger partial charge in [-0.1, -0.05) is 12.1 Å². The molecule has 4 aromatic rings. The number of benzene rings is 2. The minimum absolute atomic E-state index is 0.0295. The Balaban J connectivity index is 1.42. The maximum absolute atomic E-state index is 13.2. The van der Waals surface area contributed by atoms with Crippen molar-refractivity contribution in [1.82, 2.24) is 19.0 Å². The van der Waals surface area contributed by atoms with E-state index in [4.69, 9.17) is 9.72 Å². The van der Waals surface area contributed by atoms with Crippen LogP contribution in [-0.2, 0) is 18.4 Å². The van der Waals surface area contributed by atoms with Crippen molar-refractivity contribution in [2.75, 3.05) is 13.7 Å². The molecule has 1 aliphatic heterocycles. The number of aromatic nitrogens is 3. The molecule has 0 saturated carbocycles. The fourth-order valence-electron chi connectivity index (χ4n) is 4.48. The molecule has 1 fully saturated rings. The van der Waals surface area contributed by atoms with Gasteiger partial charge >= 0.3 is 0 Å². The fraction of sp³-hybridized carbons (Fsp3) is 0.304. The van der Waals surface area contributed by atoms with Crippen LogP contribution in [0.3, 0.4) is 0 Å². The molecule has 1 atom stereocenters. The van der Waals surface area contributed by atoms with Gasteiger partial charge in [0.15, 0.2) is 0 Å². The molecule has 6 nitrogen and oxygen atoms in total. The van der Waals surface area contributed by atoms with Gasteiger partial charge in [0.25, 0.3) is 0 Å². The molecule has 0 N–H and O–H groups in total. The van der Waals surface area contributed by atoms with Gasteiger partial charge in [0.1, 0.15) is 18.1 Å². The van der Waals surface area contributed by atoms with E-state index < -0.39 is 0 Å². The number of likely N-dealkylation sites (tertiary alicyclic amines) is 1. The summed E-state index contributed by atoms with van der Waals surface area (Å²) in [5.41, 5.74) is 3.12. The highest BCUT2D eigenvalue weighted by atomic mass is 16.5. The zero-order chi connectivity index (χ0) is 20.0. The number of carbonyl (C=O) groups excluding carboxylic acids is 1. The number of amides is 1. The molecule has 1 saturated heterocycles. The number of imidazole rings is 1. The van der Waals surface area contributed by atoms with Gasteiger partial charge in [0.2, 0.25) is 5.91 Å². The third-order valence-electron chi connectivity index (χ3n) is 5.98. The van der Waals surface area contributed by atoms with Crippen molar-refractivity contribution >= 4 is 27.8 Å². The molecule has 0 bridgehead atoms. The SMILES string of the molecule is COc1ccc2c(ccn2CC(=O)N2CCCC2c2nc3ccccc3n2C)c1. The van der Waals surface area contributed by atoms with Crippen LogP contribution in [0, 0.1) is 0 Å². The Morgan fingerprint density at radius 2 is 2.03 bits per heavy atom. The van der Waals surface area contributed by atoms with E-state index in [1.807, 2.05) is 65.2 Å². The van der Waals surface area contributed by atoms with E-state index in [2.05, 4.69) is 10.6 Å². The van der Waals surface area contributed by atoms with Crippen LogP contribution in [0.2, 0.25) is 0 Å². The molecule has 3 heterocycles. The maximum atomic E-state index is 13.2. The topological polar surface area (TPSA) is 52.3 Å². The van der Waals surface area contributed by atoms with Crippen LogP contribution in [0.25, 0.3) is 21.9 Å². The molecule has 1 aliphatic rings. The summed E-state index contributed by atoms with van der Waals surface area (Å²) in [4.78, 5) is 20.1. The summed E-state index contributed by atoms with van der Waals surface area (Å²) < 4.78 is 9.44. The number of fused-ring (bicyclic) bond motifs is 2.